The van der Waals surface area contributed by atoms with Gasteiger partial charge in [-0.2, -0.15) is 0 Å². The summed E-state index contributed by atoms with van der Waals surface area (Å²) in [5, 5.41) is 0. The van der Waals surface area contributed by atoms with Crippen LogP contribution in [0, 0.1) is 5.92 Å². The lowest BCUT2D eigenvalue weighted by molar-refractivity contribution is -0.123. The van der Waals surface area contributed by atoms with E-state index in [-0.39, 0.29) is 12.5 Å². The fourth-order valence-corrected chi connectivity index (χ4v) is 2.59. The molecule has 3 rings (SSSR count). The van der Waals surface area contributed by atoms with Crippen molar-refractivity contribution in [1.29, 1.82) is 0 Å². The van der Waals surface area contributed by atoms with Gasteiger partial charge in [0.05, 0.1) is 6.61 Å². The Morgan fingerprint density at radius 2 is 2.26 bits per heavy atom. The molecule has 1 amide bonds. The van der Waals surface area contributed by atoms with Gasteiger partial charge in [0.1, 0.15) is 6.61 Å². The molecule has 0 bridgehead atoms. The number of fused-ring (bicyclic) bond motifs is 1. The standard InChI is InChI=1S/C15H20N2O2/c16-13-4-1-5-14-12(13)3-2-8-17(14)15(18)10-19-9-11-6-7-11/h1,4-5,11H,2-3,6-10,16H2. The van der Waals surface area contributed by atoms with Crippen LogP contribution in [0.2, 0.25) is 0 Å². The first kappa shape index (κ1) is 12.5. The molecule has 19 heavy (non-hydrogen) atoms. The number of nitrogens with two attached hydrogens (primary N) is 1. The van der Waals surface area contributed by atoms with Gasteiger partial charge in [-0.15, -0.1) is 0 Å². The van der Waals surface area contributed by atoms with E-state index < -0.39 is 0 Å². The first-order chi connectivity index (χ1) is 9.25. The highest BCUT2D eigenvalue weighted by Gasteiger charge is 2.25. The average molecular weight is 260 g/mol. The van der Waals surface area contributed by atoms with Crippen LogP contribution in [0.15, 0.2) is 18.2 Å². The Hall–Kier alpha value is -1.55. The SMILES string of the molecule is Nc1cccc2c1CCCN2C(=O)COCC1CC1. The maximum absolute atomic E-state index is 12.2. The molecule has 1 aromatic carbocycles. The van der Waals surface area contributed by atoms with Crippen molar-refractivity contribution in [3.8, 4) is 0 Å². The van der Waals surface area contributed by atoms with Crippen molar-refractivity contribution in [3.63, 3.8) is 0 Å². The first-order valence-electron chi connectivity index (χ1n) is 7.01. The number of nitrogen functional groups attached to an aromatic ring is 1. The zero-order chi connectivity index (χ0) is 13.2. The Balaban J connectivity index is 1.67. The quantitative estimate of drug-likeness (QED) is 0.842. The molecule has 1 aliphatic carbocycles. The molecule has 0 atom stereocenters. The molecule has 1 aliphatic heterocycles. The monoisotopic (exact) mass is 260 g/mol. The van der Waals surface area contributed by atoms with Crippen LogP contribution in [0.3, 0.4) is 0 Å². The van der Waals surface area contributed by atoms with Gasteiger partial charge in [0.2, 0.25) is 0 Å². The molecule has 2 N–H and O–H groups in total. The Bertz CT molecular complexity index is 483. The van der Waals surface area contributed by atoms with Crippen LogP contribution >= 0.6 is 0 Å². The second-order valence-corrected chi connectivity index (χ2v) is 5.45. The summed E-state index contributed by atoms with van der Waals surface area (Å²) in [6.07, 6.45) is 4.42. The lowest BCUT2D eigenvalue weighted by Gasteiger charge is -2.30. The highest BCUT2D eigenvalue weighted by Crippen LogP contribution is 2.31. The molecule has 1 saturated carbocycles. The van der Waals surface area contributed by atoms with E-state index in [9.17, 15) is 4.79 Å². The average Bonchev–Trinajstić information content (AvgIpc) is 3.23. The Labute approximate surface area is 113 Å². The van der Waals surface area contributed by atoms with Gasteiger partial charge in [0.25, 0.3) is 5.91 Å². The molecule has 2 aliphatic rings. The minimum absolute atomic E-state index is 0.0483. The summed E-state index contributed by atoms with van der Waals surface area (Å²) in [7, 11) is 0. The minimum atomic E-state index is 0.0483. The zero-order valence-electron chi connectivity index (χ0n) is 11.1. The lowest BCUT2D eigenvalue weighted by atomic mass is 10.00. The smallest absolute Gasteiger partial charge is 0.252 e. The predicted octanol–water partition coefficient (Wildman–Crippen LogP) is 1.97. The third-order valence-electron chi connectivity index (χ3n) is 3.86. The lowest BCUT2D eigenvalue weighted by Crippen LogP contribution is -2.38. The maximum atomic E-state index is 12.2. The highest BCUT2D eigenvalue weighted by atomic mass is 16.5. The van der Waals surface area contributed by atoms with Gasteiger partial charge >= 0.3 is 0 Å². The second kappa shape index (κ2) is 5.21. The van der Waals surface area contributed by atoms with E-state index in [0.717, 1.165) is 42.9 Å². The van der Waals surface area contributed by atoms with Crippen LogP contribution in [0.25, 0.3) is 0 Å². The van der Waals surface area contributed by atoms with E-state index in [0.29, 0.717) is 5.92 Å². The van der Waals surface area contributed by atoms with Crippen molar-refractivity contribution >= 4 is 17.3 Å². The number of nitrogens with zero attached hydrogens (tertiary/aromatic N) is 1. The number of ether oxygens (including phenoxy) is 1. The topological polar surface area (TPSA) is 55.6 Å². The molecule has 102 valence electrons. The summed E-state index contributed by atoms with van der Waals surface area (Å²) >= 11 is 0. The van der Waals surface area contributed by atoms with E-state index in [1.165, 1.54) is 12.8 Å². The third-order valence-corrected chi connectivity index (χ3v) is 3.86. The van der Waals surface area contributed by atoms with Crippen LogP contribution in [-0.4, -0.2) is 25.7 Å². The summed E-state index contributed by atoms with van der Waals surface area (Å²) in [5.41, 5.74) is 8.83. The van der Waals surface area contributed by atoms with Crippen molar-refractivity contribution in [2.24, 2.45) is 5.92 Å². The zero-order valence-corrected chi connectivity index (χ0v) is 11.1. The molecule has 4 nitrogen and oxygen atoms in total. The summed E-state index contributed by atoms with van der Waals surface area (Å²) in [6, 6.07) is 5.78. The number of anilines is 2. The fourth-order valence-electron chi connectivity index (χ4n) is 2.59. The molecule has 4 heteroatoms. The molecular weight excluding hydrogens is 240 g/mol. The second-order valence-electron chi connectivity index (χ2n) is 5.45. The molecule has 0 saturated heterocycles. The summed E-state index contributed by atoms with van der Waals surface area (Å²) in [5.74, 6) is 0.740. The molecule has 0 unspecified atom stereocenters. The van der Waals surface area contributed by atoms with Gasteiger partial charge in [0, 0.05) is 17.9 Å². The molecule has 1 aromatic rings. The number of carbonyl (C=O) groups excluding carboxylic acids is 1. The van der Waals surface area contributed by atoms with E-state index in [2.05, 4.69) is 0 Å². The molecule has 0 radical (unpaired) electrons. The van der Waals surface area contributed by atoms with Gasteiger partial charge in [0.15, 0.2) is 0 Å². The van der Waals surface area contributed by atoms with E-state index in [1.807, 2.05) is 23.1 Å². The number of carbonyl (C=O) groups is 1. The molecular formula is C15H20N2O2. The molecule has 0 spiro atoms. The van der Waals surface area contributed by atoms with Gasteiger partial charge in [-0.1, -0.05) is 6.07 Å². The maximum Gasteiger partial charge on any atom is 0.252 e. The molecule has 0 aromatic heterocycles. The third kappa shape index (κ3) is 2.73. The van der Waals surface area contributed by atoms with Crippen LogP contribution in [-0.2, 0) is 16.0 Å². The van der Waals surface area contributed by atoms with E-state index in [1.54, 1.807) is 0 Å². The van der Waals surface area contributed by atoms with Gasteiger partial charge in [-0.25, -0.2) is 0 Å². The van der Waals surface area contributed by atoms with Gasteiger partial charge < -0.3 is 15.4 Å². The largest absolute Gasteiger partial charge is 0.398 e. The van der Waals surface area contributed by atoms with Gasteiger partial charge in [-0.3, -0.25) is 4.79 Å². The van der Waals surface area contributed by atoms with Crippen molar-refractivity contribution in [3.05, 3.63) is 23.8 Å². The van der Waals surface area contributed by atoms with Gasteiger partial charge in [-0.05, 0) is 49.3 Å². The Kier molecular flexibility index (Phi) is 3.42. The molecule has 1 fully saturated rings. The van der Waals surface area contributed by atoms with Crippen LogP contribution in [0.5, 0.6) is 0 Å². The number of benzene rings is 1. The highest BCUT2D eigenvalue weighted by molar-refractivity contribution is 5.96. The number of hydrogen-bond acceptors (Lipinski definition) is 3. The van der Waals surface area contributed by atoms with Crippen LogP contribution in [0.1, 0.15) is 24.8 Å². The van der Waals surface area contributed by atoms with E-state index >= 15 is 0 Å². The van der Waals surface area contributed by atoms with Crippen LogP contribution < -0.4 is 10.6 Å². The van der Waals surface area contributed by atoms with Crippen molar-refractivity contribution in [1.82, 2.24) is 0 Å². The van der Waals surface area contributed by atoms with E-state index in [4.69, 9.17) is 10.5 Å². The normalized spacial score (nSPS) is 18.2. The summed E-state index contributed by atoms with van der Waals surface area (Å²) < 4.78 is 5.50. The Morgan fingerprint density at radius 3 is 3.05 bits per heavy atom. The van der Waals surface area contributed by atoms with Crippen LogP contribution in [0.4, 0.5) is 11.4 Å². The fraction of sp³-hybridized carbons (Fsp3) is 0.533. The summed E-state index contributed by atoms with van der Waals surface area (Å²) in [4.78, 5) is 14.1. The number of amides is 1. The van der Waals surface area contributed by atoms with Crippen molar-refractivity contribution in [2.75, 3.05) is 30.4 Å². The van der Waals surface area contributed by atoms with Crippen molar-refractivity contribution < 1.29 is 9.53 Å². The Morgan fingerprint density at radius 1 is 1.42 bits per heavy atom. The van der Waals surface area contributed by atoms with Crippen molar-refractivity contribution in [2.45, 2.75) is 25.7 Å². The predicted molar refractivity (Wildman–Crippen MR) is 75.1 cm³/mol. The first-order valence-corrected chi connectivity index (χ1v) is 7.01. The number of rotatable bonds is 4. The minimum Gasteiger partial charge on any atom is -0.398 e. The summed E-state index contributed by atoms with van der Waals surface area (Å²) in [6.45, 7) is 1.68. The molecule has 1 heterocycles. The number of hydrogen-bond donors (Lipinski definition) is 1.